The molecule has 0 aliphatic rings. The number of nitriles is 1. The number of nitro groups is 1. The van der Waals surface area contributed by atoms with Gasteiger partial charge in [-0.2, -0.15) is 5.26 Å². The Morgan fingerprint density at radius 2 is 2.00 bits per heavy atom. The number of nitrogens with zero attached hydrogens (tertiary/aromatic N) is 2. The van der Waals surface area contributed by atoms with E-state index in [4.69, 9.17) is 16.9 Å². The average molecular weight is 318 g/mol. The van der Waals surface area contributed by atoms with Gasteiger partial charge in [-0.1, -0.05) is 23.7 Å². The highest BCUT2D eigenvalue weighted by molar-refractivity contribution is 6.30. The molecular formula is C15H12ClN3O3. The molecule has 2 aromatic rings. The zero-order valence-electron chi connectivity index (χ0n) is 11.4. The minimum Gasteiger partial charge on any atom is -0.387 e. The minimum atomic E-state index is -0.793. The molecule has 7 heteroatoms. The van der Waals surface area contributed by atoms with Gasteiger partial charge in [0, 0.05) is 23.7 Å². The molecule has 22 heavy (non-hydrogen) atoms. The number of nitrogens with one attached hydrogen (secondary N) is 1. The first-order valence-electron chi connectivity index (χ1n) is 6.37. The van der Waals surface area contributed by atoms with Gasteiger partial charge < -0.3 is 10.4 Å². The normalized spacial score (nSPS) is 11.5. The molecule has 0 saturated carbocycles. The van der Waals surface area contributed by atoms with Crippen molar-refractivity contribution < 1.29 is 10.0 Å². The molecule has 112 valence electrons. The summed E-state index contributed by atoms with van der Waals surface area (Å²) >= 11 is 5.78. The van der Waals surface area contributed by atoms with E-state index in [9.17, 15) is 15.2 Å². The number of hydrogen-bond donors (Lipinski definition) is 2. The summed E-state index contributed by atoms with van der Waals surface area (Å²) in [7, 11) is 0. The van der Waals surface area contributed by atoms with Gasteiger partial charge in [-0.05, 0) is 23.8 Å². The first-order valence-corrected chi connectivity index (χ1v) is 6.75. The Bertz CT molecular complexity index is 726. The Morgan fingerprint density at radius 3 is 2.59 bits per heavy atom. The molecule has 1 unspecified atom stereocenters. The first-order chi connectivity index (χ1) is 10.5. The van der Waals surface area contributed by atoms with Crippen LogP contribution in [0.4, 0.5) is 11.4 Å². The topological polar surface area (TPSA) is 99.2 Å². The van der Waals surface area contributed by atoms with E-state index in [-0.39, 0.29) is 17.8 Å². The maximum Gasteiger partial charge on any atom is 0.270 e. The van der Waals surface area contributed by atoms with Gasteiger partial charge in [0.1, 0.15) is 6.07 Å². The summed E-state index contributed by atoms with van der Waals surface area (Å²) in [5, 5.41) is 33.3. The van der Waals surface area contributed by atoms with E-state index >= 15 is 0 Å². The number of aliphatic hydroxyl groups is 1. The summed E-state index contributed by atoms with van der Waals surface area (Å²) in [5.74, 6) is 0. The molecule has 2 aromatic carbocycles. The Hall–Kier alpha value is -2.62. The number of anilines is 1. The van der Waals surface area contributed by atoms with Crippen LogP contribution in [0.2, 0.25) is 5.02 Å². The summed E-state index contributed by atoms with van der Waals surface area (Å²) < 4.78 is 0. The van der Waals surface area contributed by atoms with Gasteiger partial charge in [0.15, 0.2) is 0 Å². The molecule has 0 bridgehead atoms. The van der Waals surface area contributed by atoms with Crippen molar-refractivity contribution in [2.45, 2.75) is 6.10 Å². The molecule has 0 aliphatic carbocycles. The Morgan fingerprint density at radius 1 is 1.32 bits per heavy atom. The molecule has 0 aromatic heterocycles. The van der Waals surface area contributed by atoms with E-state index < -0.39 is 11.0 Å². The Kier molecular flexibility index (Phi) is 4.94. The van der Waals surface area contributed by atoms with Crippen LogP contribution in [0, 0.1) is 21.4 Å². The molecule has 2 N–H and O–H groups in total. The van der Waals surface area contributed by atoms with Crippen molar-refractivity contribution in [3.63, 3.8) is 0 Å². The number of non-ortho nitro benzene ring substituents is 1. The average Bonchev–Trinajstić information content (AvgIpc) is 2.52. The smallest absolute Gasteiger partial charge is 0.270 e. The zero-order chi connectivity index (χ0) is 16.1. The Balaban J connectivity index is 2.09. The third kappa shape index (κ3) is 3.73. The number of benzene rings is 2. The van der Waals surface area contributed by atoms with Crippen LogP contribution in [0.25, 0.3) is 0 Å². The van der Waals surface area contributed by atoms with E-state index in [0.717, 1.165) is 0 Å². The highest BCUT2D eigenvalue weighted by Gasteiger charge is 2.12. The predicted molar refractivity (Wildman–Crippen MR) is 82.7 cm³/mol. The molecule has 0 radical (unpaired) electrons. The lowest BCUT2D eigenvalue weighted by Gasteiger charge is -2.14. The van der Waals surface area contributed by atoms with Crippen LogP contribution in [0.15, 0.2) is 42.5 Å². The fourth-order valence-corrected chi connectivity index (χ4v) is 2.03. The van der Waals surface area contributed by atoms with Gasteiger partial charge in [0.2, 0.25) is 0 Å². The van der Waals surface area contributed by atoms with Crippen molar-refractivity contribution >= 4 is 23.0 Å². The molecule has 0 heterocycles. The third-order valence-electron chi connectivity index (χ3n) is 3.08. The third-order valence-corrected chi connectivity index (χ3v) is 3.33. The molecular weight excluding hydrogens is 306 g/mol. The maximum absolute atomic E-state index is 10.7. The zero-order valence-corrected chi connectivity index (χ0v) is 12.1. The number of hydrogen-bond acceptors (Lipinski definition) is 5. The van der Waals surface area contributed by atoms with E-state index in [1.54, 1.807) is 24.3 Å². The van der Waals surface area contributed by atoms with Crippen LogP contribution in [-0.4, -0.2) is 16.6 Å². The lowest BCUT2D eigenvalue weighted by atomic mass is 10.1. The second-order valence-corrected chi connectivity index (χ2v) is 4.98. The highest BCUT2D eigenvalue weighted by atomic mass is 35.5. The SMILES string of the molecule is N#Cc1cc([N+](=O)[O-])ccc1NCC(O)c1ccc(Cl)cc1. The van der Waals surface area contributed by atoms with E-state index in [1.807, 2.05) is 6.07 Å². The lowest BCUT2D eigenvalue weighted by molar-refractivity contribution is -0.384. The first kappa shape index (κ1) is 15.8. The fourth-order valence-electron chi connectivity index (χ4n) is 1.90. The number of aliphatic hydroxyl groups excluding tert-OH is 1. The van der Waals surface area contributed by atoms with Crippen LogP contribution in [0.5, 0.6) is 0 Å². The number of nitro benzene ring substituents is 1. The van der Waals surface area contributed by atoms with Crippen molar-refractivity contribution in [1.82, 2.24) is 0 Å². The van der Waals surface area contributed by atoms with Gasteiger partial charge in [-0.25, -0.2) is 0 Å². The van der Waals surface area contributed by atoms with Crippen molar-refractivity contribution in [3.05, 3.63) is 68.7 Å². The molecule has 1 atom stereocenters. The molecule has 2 rings (SSSR count). The van der Waals surface area contributed by atoms with Crippen LogP contribution in [0.1, 0.15) is 17.2 Å². The van der Waals surface area contributed by atoms with Gasteiger partial charge in [0.05, 0.1) is 22.3 Å². The lowest BCUT2D eigenvalue weighted by Crippen LogP contribution is -2.13. The second kappa shape index (κ2) is 6.89. The summed E-state index contributed by atoms with van der Waals surface area (Å²) in [6.45, 7) is 0.161. The number of rotatable bonds is 5. The van der Waals surface area contributed by atoms with E-state index in [1.165, 1.54) is 18.2 Å². The van der Waals surface area contributed by atoms with Gasteiger partial charge in [-0.3, -0.25) is 10.1 Å². The summed E-state index contributed by atoms with van der Waals surface area (Å²) in [5.41, 5.74) is 1.11. The Labute approximate surface area is 131 Å². The standard InChI is InChI=1S/C15H12ClN3O3/c16-12-3-1-10(2-4-12)15(20)9-18-14-6-5-13(19(21)22)7-11(14)8-17/h1-7,15,18,20H,9H2. The highest BCUT2D eigenvalue weighted by Crippen LogP contribution is 2.23. The van der Waals surface area contributed by atoms with Crippen LogP contribution >= 0.6 is 11.6 Å². The number of halogens is 1. The van der Waals surface area contributed by atoms with Crippen LogP contribution in [-0.2, 0) is 0 Å². The van der Waals surface area contributed by atoms with Gasteiger partial charge in [-0.15, -0.1) is 0 Å². The predicted octanol–water partition coefficient (Wildman–Crippen LogP) is 3.27. The van der Waals surface area contributed by atoms with Gasteiger partial charge >= 0.3 is 0 Å². The molecule has 0 fully saturated rings. The van der Waals surface area contributed by atoms with Gasteiger partial charge in [0.25, 0.3) is 5.69 Å². The second-order valence-electron chi connectivity index (χ2n) is 4.55. The van der Waals surface area contributed by atoms with E-state index in [2.05, 4.69) is 5.32 Å². The van der Waals surface area contributed by atoms with Crippen molar-refractivity contribution in [3.8, 4) is 6.07 Å². The van der Waals surface area contributed by atoms with Crippen molar-refractivity contribution in [2.75, 3.05) is 11.9 Å². The summed E-state index contributed by atoms with van der Waals surface area (Å²) in [4.78, 5) is 10.1. The molecule has 0 saturated heterocycles. The van der Waals surface area contributed by atoms with Crippen LogP contribution < -0.4 is 5.32 Å². The molecule has 0 amide bonds. The van der Waals surface area contributed by atoms with Crippen molar-refractivity contribution in [2.24, 2.45) is 0 Å². The molecule has 0 aliphatic heterocycles. The van der Waals surface area contributed by atoms with Crippen molar-refractivity contribution in [1.29, 1.82) is 5.26 Å². The molecule has 0 spiro atoms. The quantitative estimate of drug-likeness (QED) is 0.651. The summed E-state index contributed by atoms with van der Waals surface area (Å²) in [6.07, 6.45) is -0.793. The fraction of sp³-hybridized carbons (Fsp3) is 0.133. The minimum absolute atomic E-state index is 0.150. The van der Waals surface area contributed by atoms with Crippen LogP contribution in [0.3, 0.4) is 0 Å². The maximum atomic E-state index is 10.7. The monoisotopic (exact) mass is 317 g/mol. The summed E-state index contributed by atoms with van der Waals surface area (Å²) in [6, 6.07) is 12.6. The van der Waals surface area contributed by atoms with E-state index in [0.29, 0.717) is 16.3 Å². The molecule has 6 nitrogen and oxygen atoms in total. The largest absolute Gasteiger partial charge is 0.387 e.